The molecule has 3 N–H and O–H groups in total. The summed E-state index contributed by atoms with van der Waals surface area (Å²) in [5.41, 5.74) is 5.65. The third-order valence-corrected chi connectivity index (χ3v) is 4.81. The van der Waals surface area contributed by atoms with Crippen LogP contribution in [0.1, 0.15) is 32.6 Å². The first-order chi connectivity index (χ1) is 9.10. The van der Waals surface area contributed by atoms with Gasteiger partial charge in [0.05, 0.1) is 0 Å². The van der Waals surface area contributed by atoms with Gasteiger partial charge in [0.15, 0.2) is 0 Å². The summed E-state index contributed by atoms with van der Waals surface area (Å²) < 4.78 is 0.228. The quantitative estimate of drug-likeness (QED) is 0.813. The second kappa shape index (κ2) is 7.91. The normalized spacial score (nSPS) is 16.9. The highest BCUT2D eigenvalue weighted by Gasteiger charge is 2.43. The van der Waals surface area contributed by atoms with Crippen molar-refractivity contribution < 1.29 is 4.79 Å². The van der Waals surface area contributed by atoms with Gasteiger partial charge in [0.25, 0.3) is 0 Å². The highest BCUT2D eigenvalue weighted by Crippen LogP contribution is 2.51. The van der Waals surface area contributed by atoms with Crippen LogP contribution in [0.5, 0.6) is 0 Å². The Morgan fingerprint density at radius 2 is 2.05 bits per heavy atom. The molecule has 1 unspecified atom stereocenters. The molecule has 1 aromatic carbocycles. The van der Waals surface area contributed by atoms with Gasteiger partial charge in [-0.25, -0.2) is 0 Å². The molecule has 5 heteroatoms. The first-order valence-electron chi connectivity index (χ1n) is 6.86. The third kappa shape index (κ3) is 5.73. The van der Waals surface area contributed by atoms with Gasteiger partial charge in [-0.3, -0.25) is 4.79 Å². The van der Waals surface area contributed by atoms with E-state index in [1.54, 1.807) is 0 Å². The molecule has 1 aromatic rings. The number of benzene rings is 1. The van der Waals surface area contributed by atoms with Gasteiger partial charge in [0, 0.05) is 28.6 Å². The minimum atomic E-state index is 0. The van der Waals surface area contributed by atoms with Crippen LogP contribution in [0.3, 0.4) is 0 Å². The maximum Gasteiger partial charge on any atom is 0.220 e. The molecule has 1 aliphatic carbocycles. The molecular formula is C15H23ClN2OS. The molecule has 112 valence electrons. The minimum Gasteiger partial charge on any atom is -0.355 e. The lowest BCUT2D eigenvalue weighted by Gasteiger charge is -2.16. The molecule has 0 radical (unpaired) electrons. The molecule has 0 spiro atoms. The van der Waals surface area contributed by atoms with Gasteiger partial charge >= 0.3 is 0 Å². The van der Waals surface area contributed by atoms with Crippen molar-refractivity contribution in [2.75, 3.05) is 6.54 Å². The van der Waals surface area contributed by atoms with Crippen LogP contribution in [0.25, 0.3) is 0 Å². The molecule has 1 aliphatic rings. The maximum absolute atomic E-state index is 11.7. The number of carbonyl (C=O) groups is 1. The Labute approximate surface area is 131 Å². The maximum atomic E-state index is 11.7. The molecule has 1 fully saturated rings. The molecule has 3 nitrogen and oxygen atoms in total. The second-order valence-electron chi connectivity index (χ2n) is 5.39. The summed E-state index contributed by atoms with van der Waals surface area (Å²) in [6.07, 6.45) is 3.65. The molecule has 0 aromatic heterocycles. The van der Waals surface area contributed by atoms with E-state index in [1.165, 1.54) is 17.7 Å². The highest BCUT2D eigenvalue weighted by atomic mass is 35.5. The fourth-order valence-corrected chi connectivity index (χ4v) is 3.14. The van der Waals surface area contributed by atoms with E-state index in [-0.39, 0.29) is 29.1 Å². The van der Waals surface area contributed by atoms with Crippen molar-refractivity contribution in [2.45, 2.75) is 48.3 Å². The number of nitrogens with one attached hydrogen (secondary N) is 1. The fourth-order valence-electron chi connectivity index (χ4n) is 1.90. The topological polar surface area (TPSA) is 55.1 Å². The van der Waals surface area contributed by atoms with Gasteiger partial charge in [0.2, 0.25) is 5.91 Å². The van der Waals surface area contributed by atoms with E-state index in [2.05, 4.69) is 29.6 Å². The smallest absolute Gasteiger partial charge is 0.220 e. The molecular weight excluding hydrogens is 292 g/mol. The molecule has 0 saturated heterocycles. The van der Waals surface area contributed by atoms with E-state index in [1.807, 2.05) is 24.8 Å². The first kappa shape index (κ1) is 17.3. The Kier molecular flexibility index (Phi) is 6.86. The first-order valence-corrected chi connectivity index (χ1v) is 7.68. The molecule has 0 heterocycles. The summed E-state index contributed by atoms with van der Waals surface area (Å²) in [6.45, 7) is 2.70. The number of hydrogen-bond acceptors (Lipinski definition) is 3. The van der Waals surface area contributed by atoms with Crippen molar-refractivity contribution in [3.8, 4) is 0 Å². The Hall–Kier alpha value is -0.710. The molecule has 20 heavy (non-hydrogen) atoms. The lowest BCUT2D eigenvalue weighted by Crippen LogP contribution is -2.32. The van der Waals surface area contributed by atoms with E-state index < -0.39 is 0 Å². The monoisotopic (exact) mass is 314 g/mol. The minimum absolute atomic E-state index is 0. The predicted octanol–water partition coefficient (Wildman–Crippen LogP) is 2.98. The lowest BCUT2D eigenvalue weighted by atomic mass is 10.2. The van der Waals surface area contributed by atoms with Crippen molar-refractivity contribution in [1.29, 1.82) is 0 Å². The van der Waals surface area contributed by atoms with Gasteiger partial charge in [-0.15, -0.1) is 24.2 Å². The average Bonchev–Trinajstić information content (AvgIpc) is 3.15. The molecule has 1 amide bonds. The predicted molar refractivity (Wildman–Crippen MR) is 87.4 cm³/mol. The van der Waals surface area contributed by atoms with Gasteiger partial charge in [-0.2, -0.15) is 0 Å². The van der Waals surface area contributed by atoms with E-state index in [9.17, 15) is 4.79 Å². The number of hydrogen-bond donors (Lipinski definition) is 2. The summed E-state index contributed by atoms with van der Waals surface area (Å²) in [7, 11) is 0. The summed E-state index contributed by atoms with van der Waals surface area (Å²) in [6, 6.07) is 10.5. The van der Waals surface area contributed by atoms with E-state index in [0.717, 1.165) is 13.0 Å². The van der Waals surface area contributed by atoms with Gasteiger partial charge < -0.3 is 11.1 Å². The number of carbonyl (C=O) groups excluding carboxylic acids is 1. The second-order valence-corrected chi connectivity index (χ2v) is 6.93. The summed E-state index contributed by atoms with van der Waals surface area (Å²) in [5.74, 6) is 0.122. The number of rotatable bonds is 7. The number of nitrogens with two attached hydrogens (primary N) is 1. The van der Waals surface area contributed by atoms with Crippen molar-refractivity contribution in [2.24, 2.45) is 5.73 Å². The number of halogens is 1. The van der Waals surface area contributed by atoms with Gasteiger partial charge in [-0.05, 0) is 38.3 Å². The lowest BCUT2D eigenvalue weighted by molar-refractivity contribution is -0.121. The Bertz CT molecular complexity index is 421. The molecule has 0 bridgehead atoms. The van der Waals surface area contributed by atoms with E-state index in [0.29, 0.717) is 6.42 Å². The number of amides is 1. The standard InChI is InChI=1S/C15H22N2OS.ClH/c1-12(16)7-8-14(18)17-11-15(9-10-15)19-13-5-3-2-4-6-13;/h2-6,12H,7-11,16H2,1H3,(H,17,18);1H. The summed E-state index contributed by atoms with van der Waals surface area (Å²) >= 11 is 1.88. The zero-order chi connectivity index (χ0) is 13.7. The zero-order valence-corrected chi connectivity index (χ0v) is 13.4. The van der Waals surface area contributed by atoms with Crippen LogP contribution in [0, 0.1) is 0 Å². The van der Waals surface area contributed by atoms with Crippen LogP contribution < -0.4 is 11.1 Å². The summed E-state index contributed by atoms with van der Waals surface area (Å²) in [5, 5.41) is 3.05. The average molecular weight is 315 g/mol. The zero-order valence-electron chi connectivity index (χ0n) is 11.8. The molecule has 2 rings (SSSR count). The van der Waals surface area contributed by atoms with Gasteiger partial charge in [-0.1, -0.05) is 18.2 Å². The Morgan fingerprint density at radius 1 is 1.40 bits per heavy atom. The molecule has 0 aliphatic heterocycles. The van der Waals surface area contributed by atoms with Crippen molar-refractivity contribution in [1.82, 2.24) is 5.32 Å². The van der Waals surface area contributed by atoms with Crippen LogP contribution in [0.15, 0.2) is 35.2 Å². The van der Waals surface area contributed by atoms with Crippen molar-refractivity contribution >= 4 is 30.1 Å². The Morgan fingerprint density at radius 3 is 2.60 bits per heavy atom. The van der Waals surface area contributed by atoms with Gasteiger partial charge in [0.1, 0.15) is 0 Å². The fraction of sp³-hybridized carbons (Fsp3) is 0.533. The summed E-state index contributed by atoms with van der Waals surface area (Å²) in [4.78, 5) is 13.0. The van der Waals surface area contributed by atoms with Crippen molar-refractivity contribution in [3.05, 3.63) is 30.3 Å². The molecule has 1 atom stereocenters. The Balaban J connectivity index is 0.00000200. The van der Waals surface area contributed by atoms with E-state index in [4.69, 9.17) is 5.73 Å². The van der Waals surface area contributed by atoms with Crippen LogP contribution in [0.2, 0.25) is 0 Å². The van der Waals surface area contributed by atoms with Crippen LogP contribution in [0.4, 0.5) is 0 Å². The number of thioether (sulfide) groups is 1. The van der Waals surface area contributed by atoms with Crippen molar-refractivity contribution in [3.63, 3.8) is 0 Å². The van der Waals surface area contributed by atoms with Crippen LogP contribution >= 0.6 is 24.2 Å². The van der Waals surface area contributed by atoms with E-state index >= 15 is 0 Å². The van der Waals surface area contributed by atoms with Crippen LogP contribution in [-0.2, 0) is 4.79 Å². The SMILES string of the molecule is CC(N)CCC(=O)NCC1(Sc2ccccc2)CC1.Cl. The third-order valence-electron chi connectivity index (χ3n) is 3.32. The van der Waals surface area contributed by atoms with Crippen LogP contribution in [-0.4, -0.2) is 23.2 Å². The highest BCUT2D eigenvalue weighted by molar-refractivity contribution is 8.01. The molecule has 1 saturated carbocycles. The largest absolute Gasteiger partial charge is 0.355 e.